The predicted octanol–water partition coefficient (Wildman–Crippen LogP) is 5.02. The van der Waals surface area contributed by atoms with Crippen LogP contribution in [0.15, 0.2) is 40.1 Å². The summed E-state index contributed by atoms with van der Waals surface area (Å²) in [7, 11) is 0. The predicted molar refractivity (Wildman–Crippen MR) is 109 cm³/mol. The van der Waals surface area contributed by atoms with Crippen LogP contribution in [0.5, 0.6) is 0 Å². The zero-order valence-corrected chi connectivity index (χ0v) is 16.5. The Morgan fingerprint density at radius 3 is 2.82 bits per heavy atom. The van der Waals surface area contributed by atoms with Gasteiger partial charge in [0, 0.05) is 18.5 Å². The highest BCUT2D eigenvalue weighted by Gasteiger charge is 2.17. The van der Waals surface area contributed by atoms with Gasteiger partial charge in [-0.2, -0.15) is 0 Å². The van der Waals surface area contributed by atoms with Gasteiger partial charge in [0.25, 0.3) is 0 Å². The molecule has 0 bridgehead atoms. The molecule has 4 rings (SSSR count). The lowest BCUT2D eigenvalue weighted by molar-refractivity contribution is -0.115. The van der Waals surface area contributed by atoms with Crippen molar-refractivity contribution in [2.24, 2.45) is 0 Å². The quantitative estimate of drug-likeness (QED) is 0.654. The topological polar surface area (TPSA) is 58.4 Å². The molecule has 3 heterocycles. The van der Waals surface area contributed by atoms with Gasteiger partial charge in [0.2, 0.25) is 5.91 Å². The van der Waals surface area contributed by atoms with Gasteiger partial charge >= 0.3 is 0 Å². The molecule has 3 aromatic rings. The van der Waals surface area contributed by atoms with Crippen molar-refractivity contribution in [3.05, 3.63) is 53.0 Å². The Bertz CT molecular complexity index is 976. The molecule has 28 heavy (non-hydrogen) atoms. The molecule has 0 radical (unpaired) electrons. The summed E-state index contributed by atoms with van der Waals surface area (Å²) in [5.41, 5.74) is 2.06. The summed E-state index contributed by atoms with van der Waals surface area (Å²) >= 11 is 1.44. The zero-order valence-electron chi connectivity index (χ0n) is 15.7. The first-order valence-corrected chi connectivity index (χ1v) is 10.3. The number of furan rings is 1. The third-order valence-corrected chi connectivity index (χ3v) is 5.68. The Hall–Kier alpha value is -2.67. The van der Waals surface area contributed by atoms with Gasteiger partial charge in [0.15, 0.2) is 10.8 Å². The second kappa shape index (κ2) is 8.14. The van der Waals surface area contributed by atoms with Gasteiger partial charge in [-0.3, -0.25) is 4.79 Å². The summed E-state index contributed by atoms with van der Waals surface area (Å²) in [5.74, 6) is 0.948. The van der Waals surface area contributed by atoms with Gasteiger partial charge in [-0.15, -0.1) is 11.3 Å². The second-order valence-electron chi connectivity index (χ2n) is 6.99. The minimum atomic E-state index is -0.361. The number of nitrogens with zero attached hydrogens (tertiary/aromatic N) is 2. The van der Waals surface area contributed by atoms with Crippen molar-refractivity contribution < 1.29 is 13.6 Å². The second-order valence-corrected chi connectivity index (χ2v) is 7.85. The molecule has 1 fully saturated rings. The van der Waals surface area contributed by atoms with Crippen LogP contribution in [-0.2, 0) is 11.2 Å². The van der Waals surface area contributed by atoms with Crippen molar-refractivity contribution in [1.29, 1.82) is 0 Å². The van der Waals surface area contributed by atoms with E-state index in [9.17, 15) is 9.18 Å². The van der Waals surface area contributed by atoms with E-state index in [0.29, 0.717) is 17.1 Å². The molecule has 1 N–H and O–H groups in total. The number of hydrogen-bond acceptors (Lipinski definition) is 5. The molecule has 7 heteroatoms. The van der Waals surface area contributed by atoms with Gasteiger partial charge in [-0.1, -0.05) is 0 Å². The summed E-state index contributed by atoms with van der Waals surface area (Å²) in [6.45, 7) is 3.73. The Kier molecular flexibility index (Phi) is 5.43. The van der Waals surface area contributed by atoms with Crippen molar-refractivity contribution in [3.8, 4) is 10.8 Å². The van der Waals surface area contributed by atoms with Crippen molar-refractivity contribution >= 4 is 28.6 Å². The van der Waals surface area contributed by atoms with Gasteiger partial charge in [0.05, 0.1) is 23.5 Å². The van der Waals surface area contributed by atoms with E-state index >= 15 is 0 Å². The third-order valence-electron chi connectivity index (χ3n) is 4.77. The smallest absolute Gasteiger partial charge is 0.230 e. The fourth-order valence-electron chi connectivity index (χ4n) is 3.43. The van der Waals surface area contributed by atoms with Crippen LogP contribution in [0.2, 0.25) is 0 Å². The Morgan fingerprint density at radius 2 is 2.07 bits per heavy atom. The molecule has 0 atom stereocenters. The standard InChI is InChI=1S/C21H22FN3O2S/c1-14-5-8-19(27-14)21-23-16(13-28-21)12-20(26)24-17-11-15(22)6-7-18(17)25-9-3-2-4-10-25/h5-8,11,13H,2-4,9-10,12H2,1H3,(H,24,26). The number of carbonyl (C=O) groups excluding carboxylic acids is 1. The number of anilines is 2. The first kappa shape index (κ1) is 18.7. The molecule has 1 aliphatic rings. The largest absolute Gasteiger partial charge is 0.459 e. The van der Waals surface area contributed by atoms with Crippen molar-refractivity contribution in [3.63, 3.8) is 0 Å². The van der Waals surface area contributed by atoms with E-state index < -0.39 is 0 Å². The van der Waals surface area contributed by atoms with E-state index in [2.05, 4.69) is 15.2 Å². The molecular formula is C21H22FN3O2S. The highest BCUT2D eigenvalue weighted by Crippen LogP contribution is 2.30. The van der Waals surface area contributed by atoms with Crippen LogP contribution in [0, 0.1) is 12.7 Å². The molecule has 1 amide bonds. The summed E-state index contributed by atoms with van der Waals surface area (Å²) < 4.78 is 19.4. The number of benzene rings is 1. The molecule has 1 aromatic carbocycles. The van der Waals surface area contributed by atoms with Crippen LogP contribution < -0.4 is 10.2 Å². The third kappa shape index (κ3) is 4.25. The number of amides is 1. The molecule has 0 saturated carbocycles. The lowest BCUT2D eigenvalue weighted by Gasteiger charge is -2.30. The Balaban J connectivity index is 1.46. The van der Waals surface area contributed by atoms with Crippen molar-refractivity contribution in [2.45, 2.75) is 32.6 Å². The molecule has 146 valence electrons. The lowest BCUT2D eigenvalue weighted by atomic mass is 10.1. The van der Waals surface area contributed by atoms with Gasteiger partial charge < -0.3 is 14.6 Å². The number of thiazole rings is 1. The first-order valence-electron chi connectivity index (χ1n) is 9.44. The Morgan fingerprint density at radius 1 is 1.25 bits per heavy atom. The van der Waals surface area contributed by atoms with E-state index in [-0.39, 0.29) is 18.1 Å². The monoisotopic (exact) mass is 399 g/mol. The van der Waals surface area contributed by atoms with Crippen LogP contribution in [0.4, 0.5) is 15.8 Å². The number of aryl methyl sites for hydroxylation is 1. The summed E-state index contributed by atoms with van der Waals surface area (Å²) in [6, 6.07) is 8.33. The van der Waals surface area contributed by atoms with Gasteiger partial charge in [-0.05, 0) is 56.5 Å². The summed E-state index contributed by atoms with van der Waals surface area (Å²) in [5, 5.41) is 5.47. The molecule has 0 aliphatic carbocycles. The minimum absolute atomic E-state index is 0.131. The maximum atomic E-state index is 13.8. The number of piperidine rings is 1. The molecule has 0 unspecified atom stereocenters. The van der Waals surface area contributed by atoms with E-state index in [4.69, 9.17) is 4.42 Å². The molecule has 1 aliphatic heterocycles. The van der Waals surface area contributed by atoms with E-state index in [1.807, 2.05) is 24.4 Å². The fourth-order valence-corrected chi connectivity index (χ4v) is 4.21. The minimum Gasteiger partial charge on any atom is -0.459 e. The molecular weight excluding hydrogens is 377 g/mol. The van der Waals surface area contributed by atoms with E-state index in [1.54, 1.807) is 6.07 Å². The molecule has 1 saturated heterocycles. The van der Waals surface area contributed by atoms with Gasteiger partial charge in [0.1, 0.15) is 11.6 Å². The van der Waals surface area contributed by atoms with Crippen molar-refractivity contribution in [2.75, 3.05) is 23.3 Å². The average molecular weight is 399 g/mol. The SMILES string of the molecule is Cc1ccc(-c2nc(CC(=O)Nc3cc(F)ccc3N3CCCCC3)cs2)o1. The number of nitrogens with one attached hydrogen (secondary N) is 1. The molecule has 5 nitrogen and oxygen atoms in total. The normalized spacial score (nSPS) is 14.3. The number of hydrogen-bond donors (Lipinski definition) is 1. The maximum Gasteiger partial charge on any atom is 0.230 e. The van der Waals surface area contributed by atoms with Crippen LogP contribution >= 0.6 is 11.3 Å². The zero-order chi connectivity index (χ0) is 19.5. The van der Waals surface area contributed by atoms with E-state index in [0.717, 1.165) is 42.4 Å². The number of halogens is 1. The summed E-state index contributed by atoms with van der Waals surface area (Å²) in [4.78, 5) is 19.3. The van der Waals surface area contributed by atoms with E-state index in [1.165, 1.54) is 29.9 Å². The highest BCUT2D eigenvalue weighted by atomic mass is 32.1. The average Bonchev–Trinajstić information content (AvgIpc) is 3.31. The Labute approximate surface area is 167 Å². The number of rotatable bonds is 5. The van der Waals surface area contributed by atoms with Crippen LogP contribution in [0.25, 0.3) is 10.8 Å². The first-order chi connectivity index (χ1) is 13.6. The highest BCUT2D eigenvalue weighted by molar-refractivity contribution is 7.13. The maximum absolute atomic E-state index is 13.8. The van der Waals surface area contributed by atoms with Crippen LogP contribution in [0.3, 0.4) is 0 Å². The fraction of sp³-hybridized carbons (Fsp3) is 0.333. The van der Waals surface area contributed by atoms with Crippen LogP contribution in [0.1, 0.15) is 30.7 Å². The molecule has 2 aromatic heterocycles. The summed E-state index contributed by atoms with van der Waals surface area (Å²) in [6.07, 6.45) is 3.56. The molecule has 0 spiro atoms. The van der Waals surface area contributed by atoms with Crippen molar-refractivity contribution in [1.82, 2.24) is 4.98 Å². The lowest BCUT2D eigenvalue weighted by Crippen LogP contribution is -2.30. The van der Waals surface area contributed by atoms with Gasteiger partial charge in [-0.25, -0.2) is 9.37 Å². The number of aromatic nitrogens is 1. The van der Waals surface area contributed by atoms with Crippen LogP contribution in [-0.4, -0.2) is 24.0 Å². The number of carbonyl (C=O) groups is 1.